The fraction of sp³-hybridized carbons (Fsp3) is 0.100. The van der Waals surface area contributed by atoms with Gasteiger partial charge >= 0.3 is 0 Å². The Labute approximate surface area is 95.9 Å². The van der Waals surface area contributed by atoms with Crippen LogP contribution in [0.25, 0.3) is 10.8 Å². The van der Waals surface area contributed by atoms with Crippen molar-refractivity contribution < 1.29 is 10.2 Å². The Morgan fingerprint density at radius 3 is 2.53 bits per heavy atom. The van der Waals surface area contributed by atoms with Gasteiger partial charge in [0.15, 0.2) is 6.29 Å². The number of halogens is 2. The molecule has 0 aliphatic rings. The third-order valence-electron chi connectivity index (χ3n) is 2.11. The maximum atomic E-state index is 9.00. The Morgan fingerprint density at radius 1 is 1.13 bits per heavy atom. The van der Waals surface area contributed by atoms with Gasteiger partial charge in [0.25, 0.3) is 0 Å². The summed E-state index contributed by atoms with van der Waals surface area (Å²) in [5, 5.41) is 20.1. The van der Waals surface area contributed by atoms with Crippen molar-refractivity contribution in [1.82, 2.24) is 4.98 Å². The lowest BCUT2D eigenvalue weighted by atomic mass is 10.1. The molecule has 0 fully saturated rings. The van der Waals surface area contributed by atoms with Gasteiger partial charge in [-0.15, -0.1) is 0 Å². The Hall–Kier alpha value is -0.870. The summed E-state index contributed by atoms with van der Waals surface area (Å²) in [6.45, 7) is 0. The predicted octanol–water partition coefficient (Wildman–Crippen LogP) is 2.52. The number of hydrogen-bond donors (Lipinski definition) is 2. The van der Waals surface area contributed by atoms with E-state index in [1.807, 2.05) is 0 Å². The van der Waals surface area contributed by atoms with Crippen LogP contribution in [0.3, 0.4) is 0 Å². The molecule has 0 aliphatic carbocycles. The Kier molecular flexibility index (Phi) is 2.80. The van der Waals surface area contributed by atoms with Crippen molar-refractivity contribution in [2.24, 2.45) is 0 Å². The van der Waals surface area contributed by atoms with Crippen LogP contribution in [0, 0.1) is 0 Å². The third kappa shape index (κ3) is 1.92. The molecule has 0 unspecified atom stereocenters. The summed E-state index contributed by atoms with van der Waals surface area (Å²) in [4.78, 5) is 3.88. The van der Waals surface area contributed by atoms with Gasteiger partial charge in [-0.25, -0.2) is 4.98 Å². The second kappa shape index (κ2) is 3.94. The van der Waals surface area contributed by atoms with Crippen LogP contribution in [0.4, 0.5) is 0 Å². The predicted molar refractivity (Wildman–Crippen MR) is 58.9 cm³/mol. The SMILES string of the molecule is OC(O)c1ccc2c(Cl)cnc(Cl)c2c1. The van der Waals surface area contributed by atoms with E-state index in [0.29, 0.717) is 16.0 Å². The van der Waals surface area contributed by atoms with E-state index in [-0.39, 0.29) is 5.15 Å². The summed E-state index contributed by atoms with van der Waals surface area (Å²) in [7, 11) is 0. The lowest BCUT2D eigenvalue weighted by Crippen LogP contribution is -1.94. The molecule has 1 aromatic heterocycles. The van der Waals surface area contributed by atoms with Gasteiger partial charge in [-0.2, -0.15) is 0 Å². The van der Waals surface area contributed by atoms with Crippen molar-refractivity contribution >= 4 is 34.0 Å². The minimum absolute atomic E-state index is 0.289. The zero-order valence-corrected chi connectivity index (χ0v) is 9.00. The summed E-state index contributed by atoms with van der Waals surface area (Å²) in [5.41, 5.74) is 0.355. The molecule has 0 bridgehead atoms. The van der Waals surface area contributed by atoms with Crippen molar-refractivity contribution in [1.29, 1.82) is 0 Å². The van der Waals surface area contributed by atoms with E-state index >= 15 is 0 Å². The van der Waals surface area contributed by atoms with Crippen molar-refractivity contribution in [3.05, 3.63) is 40.1 Å². The topological polar surface area (TPSA) is 53.4 Å². The fourth-order valence-electron chi connectivity index (χ4n) is 1.35. The Bertz CT molecular complexity index is 514. The van der Waals surface area contributed by atoms with E-state index in [1.54, 1.807) is 18.2 Å². The first-order chi connectivity index (χ1) is 7.09. The largest absolute Gasteiger partial charge is 0.364 e. The van der Waals surface area contributed by atoms with Gasteiger partial charge in [-0.1, -0.05) is 35.3 Å². The average molecular weight is 244 g/mol. The van der Waals surface area contributed by atoms with Crippen LogP contribution in [0.15, 0.2) is 24.4 Å². The van der Waals surface area contributed by atoms with Gasteiger partial charge < -0.3 is 10.2 Å². The molecule has 2 aromatic rings. The number of nitrogens with zero attached hydrogens (tertiary/aromatic N) is 1. The summed E-state index contributed by atoms with van der Waals surface area (Å²) in [6.07, 6.45) is -0.0641. The second-order valence-electron chi connectivity index (χ2n) is 3.08. The molecule has 1 heterocycles. The van der Waals surface area contributed by atoms with E-state index in [2.05, 4.69) is 4.98 Å². The highest BCUT2D eigenvalue weighted by Gasteiger charge is 2.08. The van der Waals surface area contributed by atoms with Crippen LogP contribution in [-0.4, -0.2) is 15.2 Å². The summed E-state index contributed by atoms with van der Waals surface area (Å²) in [6, 6.07) is 4.82. The first kappa shape index (κ1) is 10.6. The number of benzene rings is 1. The first-order valence-electron chi connectivity index (χ1n) is 4.19. The van der Waals surface area contributed by atoms with Gasteiger partial charge in [0.2, 0.25) is 0 Å². The van der Waals surface area contributed by atoms with E-state index in [1.165, 1.54) is 6.20 Å². The molecule has 78 valence electrons. The maximum absolute atomic E-state index is 9.00. The van der Waals surface area contributed by atoms with Crippen LogP contribution in [0.5, 0.6) is 0 Å². The van der Waals surface area contributed by atoms with Crippen molar-refractivity contribution in [3.63, 3.8) is 0 Å². The quantitative estimate of drug-likeness (QED) is 0.598. The molecule has 5 heteroatoms. The summed E-state index contributed by atoms with van der Waals surface area (Å²) >= 11 is 11.8. The smallest absolute Gasteiger partial charge is 0.178 e. The second-order valence-corrected chi connectivity index (χ2v) is 3.84. The molecule has 0 radical (unpaired) electrons. The highest BCUT2D eigenvalue weighted by atomic mass is 35.5. The van der Waals surface area contributed by atoms with Crippen LogP contribution in [0.1, 0.15) is 11.9 Å². The van der Waals surface area contributed by atoms with Crippen LogP contribution < -0.4 is 0 Å². The summed E-state index contributed by atoms with van der Waals surface area (Å²) < 4.78 is 0. The number of hydrogen-bond acceptors (Lipinski definition) is 3. The van der Waals surface area contributed by atoms with E-state index in [4.69, 9.17) is 33.4 Å². The average Bonchev–Trinajstić information content (AvgIpc) is 2.23. The number of rotatable bonds is 1. The Morgan fingerprint density at radius 2 is 1.87 bits per heavy atom. The number of aliphatic hydroxyl groups excluding tert-OH is 1. The lowest BCUT2D eigenvalue weighted by molar-refractivity contribution is -0.0423. The van der Waals surface area contributed by atoms with Crippen LogP contribution in [-0.2, 0) is 0 Å². The van der Waals surface area contributed by atoms with E-state index < -0.39 is 6.29 Å². The monoisotopic (exact) mass is 243 g/mol. The Balaban J connectivity index is 2.76. The highest BCUT2D eigenvalue weighted by molar-refractivity contribution is 6.39. The van der Waals surface area contributed by atoms with Gasteiger partial charge in [0.05, 0.1) is 5.02 Å². The van der Waals surface area contributed by atoms with Gasteiger partial charge in [-0.3, -0.25) is 0 Å². The normalized spacial score (nSPS) is 11.3. The van der Waals surface area contributed by atoms with Crippen molar-refractivity contribution in [3.8, 4) is 0 Å². The zero-order valence-electron chi connectivity index (χ0n) is 7.48. The van der Waals surface area contributed by atoms with Gasteiger partial charge in [0, 0.05) is 22.5 Å². The van der Waals surface area contributed by atoms with E-state index in [0.717, 1.165) is 5.39 Å². The number of fused-ring (bicyclic) bond motifs is 1. The highest BCUT2D eigenvalue weighted by Crippen LogP contribution is 2.29. The van der Waals surface area contributed by atoms with Crippen LogP contribution >= 0.6 is 23.2 Å². The number of aromatic nitrogens is 1. The fourth-order valence-corrected chi connectivity index (χ4v) is 1.77. The minimum atomic E-state index is -1.52. The lowest BCUT2D eigenvalue weighted by Gasteiger charge is -2.07. The zero-order chi connectivity index (χ0) is 11.0. The molecule has 0 saturated carbocycles. The molecule has 0 amide bonds. The van der Waals surface area contributed by atoms with E-state index in [9.17, 15) is 0 Å². The van der Waals surface area contributed by atoms with Crippen molar-refractivity contribution in [2.75, 3.05) is 0 Å². The molecule has 0 atom stereocenters. The molecule has 2 N–H and O–H groups in total. The minimum Gasteiger partial charge on any atom is -0.364 e. The summed E-state index contributed by atoms with van der Waals surface area (Å²) in [5.74, 6) is 0. The molecule has 0 spiro atoms. The molecule has 15 heavy (non-hydrogen) atoms. The molecule has 2 rings (SSSR count). The van der Waals surface area contributed by atoms with Crippen LogP contribution in [0.2, 0.25) is 10.2 Å². The maximum Gasteiger partial charge on any atom is 0.178 e. The first-order valence-corrected chi connectivity index (χ1v) is 4.95. The molecular weight excluding hydrogens is 237 g/mol. The molecular formula is C10H7Cl2NO2. The third-order valence-corrected chi connectivity index (χ3v) is 2.71. The van der Waals surface area contributed by atoms with Gasteiger partial charge in [-0.05, 0) is 6.07 Å². The number of aliphatic hydroxyl groups is 2. The molecule has 0 aliphatic heterocycles. The standard InChI is InChI=1S/C10H7Cl2NO2/c11-8-4-13-9(12)7-3-5(10(14)15)1-2-6(7)8/h1-4,10,14-15H. The molecule has 0 saturated heterocycles. The molecule has 1 aromatic carbocycles. The van der Waals surface area contributed by atoms with Crippen molar-refractivity contribution in [2.45, 2.75) is 6.29 Å². The van der Waals surface area contributed by atoms with Gasteiger partial charge in [0.1, 0.15) is 5.15 Å². The number of pyridine rings is 1. The molecule has 3 nitrogen and oxygen atoms in total.